The van der Waals surface area contributed by atoms with Crippen LogP contribution in [-0.2, 0) is 18.5 Å². The fraction of sp³-hybridized carbons (Fsp3) is 0.320. The van der Waals surface area contributed by atoms with Crippen LogP contribution in [0.1, 0.15) is 93.9 Å². The monoisotopic (exact) mass is 712 g/mol. The molecule has 266 valence electrons. The van der Waals surface area contributed by atoms with Crippen LogP contribution < -0.4 is 9.13 Å². The molecule has 0 N–H and O–H groups in total. The van der Waals surface area contributed by atoms with Crippen LogP contribution in [0, 0.1) is 12.8 Å². The summed E-state index contributed by atoms with van der Waals surface area (Å²) in [6, 6.07) is 42.1. The van der Waals surface area contributed by atoms with E-state index in [0.717, 1.165) is 25.9 Å². The Bertz CT molecular complexity index is 2470. The third-order valence-electron chi connectivity index (χ3n) is 13.2. The van der Waals surface area contributed by atoms with Crippen LogP contribution in [0.5, 0.6) is 0 Å². The van der Waals surface area contributed by atoms with Crippen molar-refractivity contribution in [2.45, 2.75) is 97.1 Å². The molecule has 5 heterocycles. The highest BCUT2D eigenvalue weighted by molar-refractivity contribution is 7.25. The SMILES string of the molecule is CCCCC(C)c1cc2[n+](cc1-c1ccccc1)CC(C1C[n+]3cc(C)ccc3-c3cc4c(cc31)sc1ccccc14)C(CC)(CC)c1ccccc1-2. The van der Waals surface area contributed by atoms with E-state index in [9.17, 15) is 0 Å². The van der Waals surface area contributed by atoms with Gasteiger partial charge in [-0.05, 0) is 84.7 Å². The second-order valence-electron chi connectivity index (χ2n) is 16.0. The molecule has 3 unspecified atom stereocenters. The van der Waals surface area contributed by atoms with Gasteiger partial charge in [-0.3, -0.25) is 0 Å². The van der Waals surface area contributed by atoms with E-state index in [1.165, 1.54) is 95.3 Å². The highest BCUT2D eigenvalue weighted by Crippen LogP contribution is 2.53. The molecule has 0 bridgehead atoms. The van der Waals surface area contributed by atoms with Gasteiger partial charge in [0.25, 0.3) is 0 Å². The van der Waals surface area contributed by atoms with E-state index in [4.69, 9.17) is 0 Å². The average molecular weight is 713 g/mol. The van der Waals surface area contributed by atoms with Crippen LogP contribution in [0.15, 0.2) is 122 Å². The number of fused-ring (bicyclic) bond motifs is 9. The summed E-state index contributed by atoms with van der Waals surface area (Å²) in [6.07, 6.45) is 10.9. The van der Waals surface area contributed by atoms with E-state index in [1.54, 1.807) is 0 Å². The summed E-state index contributed by atoms with van der Waals surface area (Å²) in [5.74, 6) is 1.20. The molecule has 0 aliphatic carbocycles. The number of benzene rings is 4. The molecule has 2 aliphatic rings. The molecule has 3 atom stereocenters. The van der Waals surface area contributed by atoms with Crippen molar-refractivity contribution < 1.29 is 9.13 Å². The zero-order chi connectivity index (χ0) is 36.3. The van der Waals surface area contributed by atoms with Crippen molar-refractivity contribution in [1.82, 2.24) is 0 Å². The van der Waals surface area contributed by atoms with Gasteiger partial charge in [0.2, 0.25) is 11.4 Å². The van der Waals surface area contributed by atoms with Crippen LogP contribution in [0.4, 0.5) is 0 Å². The van der Waals surface area contributed by atoms with E-state index in [1.807, 2.05) is 11.3 Å². The zero-order valence-electron chi connectivity index (χ0n) is 32.0. The molecule has 9 rings (SSSR count). The minimum absolute atomic E-state index is 0.00244. The first-order valence-corrected chi connectivity index (χ1v) is 20.9. The summed E-state index contributed by atoms with van der Waals surface area (Å²) in [4.78, 5) is 0. The molecule has 0 radical (unpaired) electrons. The molecule has 3 heteroatoms. The maximum absolute atomic E-state index is 2.68. The van der Waals surface area contributed by atoms with Gasteiger partial charge in [0.15, 0.2) is 25.5 Å². The van der Waals surface area contributed by atoms with Crippen LogP contribution in [0.2, 0.25) is 0 Å². The molecule has 0 amide bonds. The second kappa shape index (κ2) is 13.7. The predicted octanol–water partition coefficient (Wildman–Crippen LogP) is 12.7. The molecule has 53 heavy (non-hydrogen) atoms. The Morgan fingerprint density at radius 2 is 1.45 bits per heavy atom. The smallest absolute Gasteiger partial charge is 0.197 e. The molecular formula is C50H52N2S+2. The van der Waals surface area contributed by atoms with E-state index < -0.39 is 0 Å². The summed E-state index contributed by atoms with van der Waals surface area (Å²) in [5, 5.41) is 2.76. The van der Waals surface area contributed by atoms with Crippen molar-refractivity contribution in [2.75, 3.05) is 0 Å². The highest BCUT2D eigenvalue weighted by Gasteiger charge is 2.51. The number of aryl methyl sites for hydroxylation is 1. The van der Waals surface area contributed by atoms with Crippen molar-refractivity contribution in [3.8, 4) is 33.6 Å². The topological polar surface area (TPSA) is 7.76 Å². The van der Waals surface area contributed by atoms with Gasteiger partial charge in [0.05, 0.1) is 11.5 Å². The summed E-state index contributed by atoms with van der Waals surface area (Å²) in [5.41, 5.74) is 14.1. The maximum Gasteiger partial charge on any atom is 0.213 e. The van der Waals surface area contributed by atoms with Gasteiger partial charge in [0.1, 0.15) is 0 Å². The van der Waals surface area contributed by atoms with Gasteiger partial charge in [0, 0.05) is 60.3 Å². The second-order valence-corrected chi connectivity index (χ2v) is 17.1. The number of unbranched alkanes of at least 4 members (excludes halogenated alkanes) is 1. The number of rotatable bonds is 8. The minimum Gasteiger partial charge on any atom is -0.197 e. The Kier molecular flexibility index (Phi) is 8.82. The first-order valence-electron chi connectivity index (χ1n) is 20.1. The molecule has 0 saturated heterocycles. The molecule has 0 spiro atoms. The molecular weight excluding hydrogens is 661 g/mol. The quantitative estimate of drug-likeness (QED) is 0.139. The molecule has 4 aromatic carbocycles. The van der Waals surface area contributed by atoms with Gasteiger partial charge in [-0.15, -0.1) is 11.3 Å². The Morgan fingerprint density at radius 1 is 0.698 bits per heavy atom. The van der Waals surface area contributed by atoms with E-state index in [2.05, 4.69) is 165 Å². The molecule has 0 saturated carbocycles. The van der Waals surface area contributed by atoms with Crippen molar-refractivity contribution in [1.29, 1.82) is 0 Å². The summed E-state index contributed by atoms with van der Waals surface area (Å²) >= 11 is 1.96. The first-order chi connectivity index (χ1) is 25.9. The minimum atomic E-state index is 0.00244. The van der Waals surface area contributed by atoms with Gasteiger partial charge in [-0.25, -0.2) is 0 Å². The summed E-state index contributed by atoms with van der Waals surface area (Å²) < 4.78 is 8.06. The lowest BCUT2D eigenvalue weighted by Crippen LogP contribution is -2.52. The van der Waals surface area contributed by atoms with Gasteiger partial charge in [-0.1, -0.05) is 107 Å². The molecule has 2 aliphatic heterocycles. The highest BCUT2D eigenvalue weighted by atomic mass is 32.1. The maximum atomic E-state index is 2.68. The average Bonchev–Trinajstić information content (AvgIpc) is 3.51. The number of thiophene rings is 1. The lowest BCUT2D eigenvalue weighted by molar-refractivity contribution is -0.707. The van der Waals surface area contributed by atoms with E-state index in [0.29, 0.717) is 17.8 Å². The van der Waals surface area contributed by atoms with Crippen LogP contribution in [0.3, 0.4) is 0 Å². The molecule has 7 aromatic rings. The van der Waals surface area contributed by atoms with Crippen molar-refractivity contribution in [3.05, 3.63) is 144 Å². The molecule has 3 aromatic heterocycles. The lowest BCUT2D eigenvalue weighted by Gasteiger charge is -2.42. The van der Waals surface area contributed by atoms with Crippen LogP contribution in [-0.4, -0.2) is 0 Å². The third-order valence-corrected chi connectivity index (χ3v) is 14.3. The van der Waals surface area contributed by atoms with Crippen molar-refractivity contribution >= 4 is 31.5 Å². The van der Waals surface area contributed by atoms with Gasteiger partial charge >= 0.3 is 0 Å². The summed E-state index contributed by atoms with van der Waals surface area (Å²) in [6.45, 7) is 13.9. The largest absolute Gasteiger partial charge is 0.213 e. The van der Waals surface area contributed by atoms with Gasteiger partial charge < -0.3 is 0 Å². The van der Waals surface area contributed by atoms with Crippen molar-refractivity contribution in [2.24, 2.45) is 5.92 Å². The van der Waals surface area contributed by atoms with Gasteiger partial charge in [-0.2, -0.15) is 9.13 Å². The van der Waals surface area contributed by atoms with E-state index >= 15 is 0 Å². The predicted molar refractivity (Wildman–Crippen MR) is 224 cm³/mol. The number of hydrogen-bond acceptors (Lipinski definition) is 1. The Morgan fingerprint density at radius 3 is 2.26 bits per heavy atom. The standard InChI is InChI=1S/C50H52N2S/c1-6-9-17-34(5)38-27-47-37-21-13-15-22-44(37)50(7-2,8-3)45(32-52(47)30-42(38)35-18-11-10-12-19-35)43-31-51-29-33(4)24-25-46(51)40-26-41-36-20-14-16-23-48(36)53-49(41)28-39(40)43/h10-16,18-30,34,43,45H,6-9,17,31-32H2,1-5H3/q+2. The Labute approximate surface area is 319 Å². The number of hydrogen-bond donors (Lipinski definition) is 0. The Hall–Kier alpha value is -4.60. The zero-order valence-corrected chi connectivity index (χ0v) is 32.8. The molecule has 0 fully saturated rings. The number of aromatic nitrogens is 2. The fourth-order valence-electron chi connectivity index (χ4n) is 10.3. The molecule has 2 nitrogen and oxygen atoms in total. The normalized spacial score (nSPS) is 17.8. The third kappa shape index (κ3) is 5.57. The first kappa shape index (κ1) is 34.2. The summed E-state index contributed by atoms with van der Waals surface area (Å²) in [7, 11) is 0. The van der Waals surface area contributed by atoms with Crippen molar-refractivity contribution in [3.63, 3.8) is 0 Å². The van der Waals surface area contributed by atoms with Crippen LogP contribution >= 0.6 is 11.3 Å². The number of nitrogens with zero attached hydrogens (tertiary/aromatic N) is 2. The number of pyridine rings is 2. The fourth-order valence-corrected chi connectivity index (χ4v) is 11.5. The van der Waals surface area contributed by atoms with Crippen LogP contribution in [0.25, 0.3) is 53.8 Å². The Balaban J connectivity index is 1.31. The lowest BCUT2D eigenvalue weighted by atomic mass is 9.60. The van der Waals surface area contributed by atoms with E-state index in [-0.39, 0.29) is 5.41 Å².